The third-order valence-electron chi connectivity index (χ3n) is 5.38. The average Bonchev–Trinajstić information content (AvgIpc) is 2.81. The number of hydrogen-bond donors (Lipinski definition) is 1. The monoisotopic (exact) mass is 425 g/mol. The van der Waals surface area contributed by atoms with E-state index in [2.05, 4.69) is 18.2 Å². The van der Waals surface area contributed by atoms with Crippen LogP contribution in [0.5, 0.6) is 5.75 Å². The van der Waals surface area contributed by atoms with Crippen LogP contribution in [0.2, 0.25) is 5.02 Å². The third kappa shape index (κ3) is 3.09. The first kappa shape index (κ1) is 19.1. The summed E-state index contributed by atoms with van der Waals surface area (Å²) in [6, 6.07) is 29.0. The summed E-state index contributed by atoms with van der Waals surface area (Å²) in [5.74, 6) is -0.118. The molecule has 0 saturated carbocycles. The molecule has 0 aliphatic heterocycles. The molecule has 0 spiro atoms. The van der Waals surface area contributed by atoms with Crippen LogP contribution in [-0.4, -0.2) is 5.11 Å². The van der Waals surface area contributed by atoms with Crippen molar-refractivity contribution in [2.75, 3.05) is 4.90 Å². The predicted molar refractivity (Wildman–Crippen MR) is 126 cm³/mol. The third-order valence-corrected chi connectivity index (χ3v) is 5.74. The summed E-state index contributed by atoms with van der Waals surface area (Å²) in [7, 11) is 0. The molecule has 0 fully saturated rings. The maximum atomic E-state index is 11.9. The van der Waals surface area contributed by atoms with Crippen molar-refractivity contribution in [2.45, 2.75) is 0 Å². The van der Waals surface area contributed by atoms with Crippen LogP contribution in [-0.2, 0) is 0 Å². The zero-order valence-electron chi connectivity index (χ0n) is 16.2. The van der Waals surface area contributed by atoms with Gasteiger partial charge in [-0.2, -0.15) is 0 Å². The molecule has 0 atom stereocenters. The van der Waals surface area contributed by atoms with Crippen LogP contribution in [0.4, 0.5) is 17.1 Å². The van der Waals surface area contributed by atoms with Gasteiger partial charge in [0.15, 0.2) is 0 Å². The summed E-state index contributed by atoms with van der Waals surface area (Å²) >= 11 is 5.91. The van der Waals surface area contributed by atoms with Gasteiger partial charge < -0.3 is 10.0 Å². The van der Waals surface area contributed by atoms with E-state index in [1.54, 1.807) is 18.2 Å². The minimum Gasteiger partial charge on any atom is -0.507 e. The van der Waals surface area contributed by atoms with Crippen LogP contribution in [0.3, 0.4) is 0 Å². The molecule has 0 aliphatic carbocycles. The molecule has 0 aromatic heterocycles. The van der Waals surface area contributed by atoms with Crippen LogP contribution in [0.15, 0.2) is 101 Å². The van der Waals surface area contributed by atoms with Crippen LogP contribution in [0, 0.1) is 0 Å². The van der Waals surface area contributed by atoms with Gasteiger partial charge in [0, 0.05) is 28.4 Å². The quantitative estimate of drug-likeness (QED) is 0.362. The maximum absolute atomic E-state index is 11.9. The van der Waals surface area contributed by atoms with Crippen LogP contribution < -0.4 is 15.8 Å². The zero-order valence-corrected chi connectivity index (χ0v) is 17.0. The topological polar surface area (TPSA) is 57.6 Å². The molecule has 1 N–H and O–H groups in total. The predicted octanol–water partition coefficient (Wildman–Crippen LogP) is 5.93. The normalized spacial score (nSPS) is 11.1. The van der Waals surface area contributed by atoms with Gasteiger partial charge in [-0.05, 0) is 35.7 Å². The highest BCUT2D eigenvalue weighted by Gasteiger charge is 2.24. The van der Waals surface area contributed by atoms with Crippen molar-refractivity contribution >= 4 is 39.4 Å². The highest BCUT2D eigenvalue weighted by Crippen LogP contribution is 2.42. The minimum atomic E-state index is -0.721. The van der Waals surface area contributed by atoms with E-state index in [0.29, 0.717) is 5.69 Å². The van der Waals surface area contributed by atoms with Crippen molar-refractivity contribution in [1.29, 1.82) is 0 Å². The lowest BCUT2D eigenvalue weighted by molar-refractivity contribution is 0.477. The van der Waals surface area contributed by atoms with Crippen LogP contribution >= 0.6 is 11.6 Å². The number of rotatable bonds is 4. The largest absolute Gasteiger partial charge is 0.507 e. The molecule has 150 valence electrons. The first-order chi connectivity index (χ1) is 15.1. The van der Waals surface area contributed by atoms with E-state index < -0.39 is 10.9 Å². The second-order valence-corrected chi connectivity index (χ2v) is 7.60. The molecule has 0 unspecified atom stereocenters. The van der Waals surface area contributed by atoms with Gasteiger partial charge >= 0.3 is 0 Å². The summed E-state index contributed by atoms with van der Waals surface area (Å²) < 4.78 is 0. The van der Waals surface area contributed by atoms with Gasteiger partial charge in [-0.1, -0.05) is 66.2 Å². The summed E-state index contributed by atoms with van der Waals surface area (Å²) in [5.41, 5.74) is 1.49. The van der Waals surface area contributed by atoms with Crippen LogP contribution in [0.25, 0.3) is 21.9 Å². The number of phenolic OH excluding ortho intramolecular Hbond substituents is 1. The number of fused-ring (bicyclic) bond motifs is 1. The molecule has 0 heterocycles. The Bertz CT molecular complexity index is 1500. The van der Waals surface area contributed by atoms with Crippen molar-refractivity contribution < 1.29 is 5.11 Å². The molecule has 5 heteroatoms. The molecular weight excluding hydrogens is 410 g/mol. The van der Waals surface area contributed by atoms with E-state index in [1.807, 2.05) is 59.5 Å². The SMILES string of the molecule is O=c1c(Cl)c(-c2ccc(N(c3ccccc3)c3cccc4ccccc34)cc2O)c1=O. The number of phenols is 1. The van der Waals surface area contributed by atoms with E-state index >= 15 is 0 Å². The second-order valence-electron chi connectivity index (χ2n) is 7.22. The molecule has 5 aromatic rings. The lowest BCUT2D eigenvalue weighted by Crippen LogP contribution is -2.33. The Balaban J connectivity index is 1.71. The van der Waals surface area contributed by atoms with Crippen molar-refractivity contribution in [2.24, 2.45) is 0 Å². The lowest BCUT2D eigenvalue weighted by atomic mass is 9.99. The summed E-state index contributed by atoms with van der Waals surface area (Å²) in [6.45, 7) is 0. The number of anilines is 3. The number of aromatic hydroxyl groups is 1. The molecule has 5 rings (SSSR count). The second kappa shape index (κ2) is 7.42. The fourth-order valence-electron chi connectivity index (χ4n) is 3.88. The molecule has 0 amide bonds. The zero-order chi connectivity index (χ0) is 21.5. The number of para-hydroxylation sites is 1. The highest BCUT2D eigenvalue weighted by molar-refractivity contribution is 6.34. The molecular formula is C26H16ClNO3. The number of halogens is 1. The Morgan fingerprint density at radius 2 is 1.42 bits per heavy atom. The Kier molecular flexibility index (Phi) is 4.57. The summed E-state index contributed by atoms with van der Waals surface area (Å²) in [4.78, 5) is 25.5. The van der Waals surface area contributed by atoms with E-state index in [1.165, 1.54) is 0 Å². The standard InChI is InChI=1S/C26H16ClNO3/c27-24-23(25(30)26(24)31)20-14-13-18(15-22(20)29)28(17-9-2-1-3-10-17)21-12-6-8-16-7-4-5-11-19(16)21/h1-15,29H. The van der Waals surface area contributed by atoms with E-state index in [0.717, 1.165) is 22.1 Å². The average molecular weight is 426 g/mol. The highest BCUT2D eigenvalue weighted by atomic mass is 35.5. The number of benzene rings is 4. The van der Waals surface area contributed by atoms with E-state index in [9.17, 15) is 14.7 Å². The molecule has 0 bridgehead atoms. The summed E-state index contributed by atoms with van der Waals surface area (Å²) in [5, 5.41) is 12.7. The lowest BCUT2D eigenvalue weighted by Gasteiger charge is -2.27. The Morgan fingerprint density at radius 3 is 2.16 bits per heavy atom. The Morgan fingerprint density at radius 1 is 0.710 bits per heavy atom. The Hall–Kier alpha value is -3.89. The Labute approximate surface area is 182 Å². The van der Waals surface area contributed by atoms with Gasteiger partial charge in [0.05, 0.1) is 11.3 Å². The van der Waals surface area contributed by atoms with Gasteiger partial charge in [-0.15, -0.1) is 0 Å². The molecule has 0 aliphatic rings. The molecule has 0 radical (unpaired) electrons. The van der Waals surface area contributed by atoms with Crippen molar-refractivity contribution in [3.05, 3.63) is 116 Å². The van der Waals surface area contributed by atoms with Crippen molar-refractivity contribution in [3.8, 4) is 16.9 Å². The molecule has 5 aromatic carbocycles. The first-order valence-corrected chi connectivity index (χ1v) is 10.1. The fourth-order valence-corrected chi connectivity index (χ4v) is 4.16. The van der Waals surface area contributed by atoms with Crippen LogP contribution in [0.1, 0.15) is 0 Å². The van der Waals surface area contributed by atoms with Gasteiger partial charge in [0.2, 0.25) is 10.9 Å². The van der Waals surface area contributed by atoms with Gasteiger partial charge in [0.25, 0.3) is 0 Å². The van der Waals surface area contributed by atoms with E-state index in [-0.39, 0.29) is 21.9 Å². The molecule has 0 saturated heterocycles. The summed E-state index contributed by atoms with van der Waals surface area (Å²) in [6.07, 6.45) is 0. The maximum Gasteiger partial charge on any atom is 0.245 e. The van der Waals surface area contributed by atoms with Gasteiger partial charge in [0.1, 0.15) is 10.8 Å². The smallest absolute Gasteiger partial charge is 0.245 e. The van der Waals surface area contributed by atoms with Gasteiger partial charge in [-0.3, -0.25) is 9.59 Å². The minimum absolute atomic E-state index is 0.0622. The number of nitrogens with zero attached hydrogens (tertiary/aromatic N) is 1. The van der Waals surface area contributed by atoms with Crippen molar-refractivity contribution in [1.82, 2.24) is 0 Å². The van der Waals surface area contributed by atoms with E-state index in [4.69, 9.17) is 11.6 Å². The molecule has 4 nitrogen and oxygen atoms in total. The molecule has 31 heavy (non-hydrogen) atoms. The first-order valence-electron chi connectivity index (χ1n) is 9.71. The number of hydrogen-bond acceptors (Lipinski definition) is 4. The van der Waals surface area contributed by atoms with Crippen molar-refractivity contribution in [3.63, 3.8) is 0 Å². The van der Waals surface area contributed by atoms with Gasteiger partial charge in [-0.25, -0.2) is 0 Å². The fraction of sp³-hybridized carbons (Fsp3) is 0.